The number of carbonyl (C=O) groups excluding carboxylic acids is 1. The van der Waals surface area contributed by atoms with Gasteiger partial charge in [0.05, 0.1) is 6.61 Å². The fourth-order valence-electron chi connectivity index (χ4n) is 1.64. The first-order valence-corrected chi connectivity index (χ1v) is 7.83. The van der Waals surface area contributed by atoms with Crippen LogP contribution >= 0.6 is 24.0 Å². The van der Waals surface area contributed by atoms with Gasteiger partial charge < -0.3 is 4.74 Å². The van der Waals surface area contributed by atoms with Crippen LogP contribution < -0.4 is 0 Å². The van der Waals surface area contributed by atoms with Crippen molar-refractivity contribution in [1.29, 1.82) is 0 Å². The average Bonchev–Trinajstić information content (AvgIpc) is 2.54. The van der Waals surface area contributed by atoms with Gasteiger partial charge in [-0.15, -0.1) is 0 Å². The molecule has 0 saturated carbocycles. The highest BCUT2D eigenvalue weighted by Crippen LogP contribution is 2.27. The quantitative estimate of drug-likeness (QED) is 0.613. The van der Waals surface area contributed by atoms with Crippen LogP contribution in [0.1, 0.15) is 29.3 Å². The number of aromatic nitrogens is 1. The molecule has 1 aromatic heterocycles. The second kappa shape index (κ2) is 7.90. The molecule has 2 aromatic rings. The molecular weight excluding hydrogens is 302 g/mol. The molecule has 0 bridgehead atoms. The van der Waals surface area contributed by atoms with Crippen molar-refractivity contribution in [1.82, 2.24) is 4.98 Å². The molecule has 3 nitrogen and oxygen atoms in total. The Morgan fingerprint density at radius 2 is 2.10 bits per heavy atom. The lowest BCUT2D eigenvalue weighted by Gasteiger charge is -2.10. The maximum Gasteiger partial charge on any atom is 0.225 e. The molecule has 0 amide bonds. The smallest absolute Gasteiger partial charge is 0.225 e. The summed E-state index contributed by atoms with van der Waals surface area (Å²) in [6.07, 6.45) is 4.09. The molecule has 0 aliphatic carbocycles. The third kappa shape index (κ3) is 4.37. The van der Waals surface area contributed by atoms with Gasteiger partial charge in [0.25, 0.3) is 0 Å². The number of rotatable bonds is 5. The Labute approximate surface area is 133 Å². The summed E-state index contributed by atoms with van der Waals surface area (Å²) in [4.78, 5) is 17.0. The molecule has 0 radical (unpaired) electrons. The molecule has 0 spiro atoms. The summed E-state index contributed by atoms with van der Waals surface area (Å²) in [6, 6.07) is 11.0. The first kappa shape index (κ1) is 15.7. The monoisotopic (exact) mass is 317 g/mol. The summed E-state index contributed by atoms with van der Waals surface area (Å²) in [5, 5.41) is 0.368. The summed E-state index contributed by atoms with van der Waals surface area (Å²) < 4.78 is 5.50. The van der Waals surface area contributed by atoms with Crippen LogP contribution in [0, 0.1) is 0 Å². The van der Waals surface area contributed by atoms with E-state index in [1.165, 1.54) is 0 Å². The van der Waals surface area contributed by atoms with Gasteiger partial charge in [0.2, 0.25) is 5.12 Å². The van der Waals surface area contributed by atoms with E-state index >= 15 is 0 Å². The minimum atomic E-state index is -0.0613. The van der Waals surface area contributed by atoms with Crippen LogP contribution in [0.15, 0.2) is 53.7 Å². The van der Waals surface area contributed by atoms with Crippen LogP contribution in [-0.4, -0.2) is 21.8 Å². The number of thioether (sulfide) groups is 1. The molecule has 0 atom stereocenters. The third-order valence-corrected chi connectivity index (χ3v) is 3.98. The van der Waals surface area contributed by atoms with Crippen molar-refractivity contribution >= 4 is 34.1 Å². The number of nitrogens with zero attached hydrogens (tertiary/aromatic N) is 1. The molecular formula is C16H15NO2S2. The highest BCUT2D eigenvalue weighted by molar-refractivity contribution is 8.14. The predicted molar refractivity (Wildman–Crippen MR) is 88.8 cm³/mol. The van der Waals surface area contributed by atoms with E-state index in [0.29, 0.717) is 17.2 Å². The van der Waals surface area contributed by atoms with Crippen LogP contribution in [0.25, 0.3) is 0 Å². The molecule has 21 heavy (non-hydrogen) atoms. The van der Waals surface area contributed by atoms with Gasteiger partial charge in [-0.2, -0.15) is 0 Å². The number of benzene rings is 1. The first-order chi connectivity index (χ1) is 10.2. The largest absolute Gasteiger partial charge is 0.483 e. The Balaban J connectivity index is 2.17. The van der Waals surface area contributed by atoms with Crippen molar-refractivity contribution in [3.05, 3.63) is 59.9 Å². The zero-order valence-corrected chi connectivity index (χ0v) is 13.2. The van der Waals surface area contributed by atoms with Crippen LogP contribution in [0.3, 0.4) is 0 Å². The van der Waals surface area contributed by atoms with Crippen LogP contribution in [0.5, 0.6) is 0 Å². The zero-order valence-electron chi connectivity index (χ0n) is 11.6. The van der Waals surface area contributed by atoms with Crippen LogP contribution in [-0.2, 0) is 4.74 Å². The fourth-order valence-corrected chi connectivity index (χ4v) is 2.82. The number of carbonyl (C=O) groups is 1. The molecule has 0 aliphatic rings. The van der Waals surface area contributed by atoms with E-state index < -0.39 is 0 Å². The second-order valence-corrected chi connectivity index (χ2v) is 5.65. The highest BCUT2D eigenvalue weighted by Gasteiger charge is 2.14. The van der Waals surface area contributed by atoms with Gasteiger partial charge >= 0.3 is 0 Å². The molecule has 0 aliphatic heterocycles. The number of pyridine rings is 1. The van der Waals surface area contributed by atoms with Gasteiger partial charge in [-0.05, 0) is 54.7 Å². The summed E-state index contributed by atoms with van der Waals surface area (Å²) in [6.45, 7) is 2.60. The SMILES string of the molecule is CCCOC(=S)c1ccccc1SC(=O)c1cccnc1. The molecule has 1 heterocycles. The van der Waals surface area contributed by atoms with Crippen LogP contribution in [0.2, 0.25) is 0 Å². The molecule has 0 fully saturated rings. The maximum atomic E-state index is 12.2. The van der Waals surface area contributed by atoms with Gasteiger partial charge in [0.15, 0.2) is 5.05 Å². The second-order valence-electron chi connectivity index (χ2n) is 4.26. The van der Waals surface area contributed by atoms with E-state index in [2.05, 4.69) is 4.98 Å². The molecule has 0 unspecified atom stereocenters. The Morgan fingerprint density at radius 3 is 2.81 bits per heavy atom. The van der Waals surface area contributed by atoms with Crippen molar-refractivity contribution in [2.75, 3.05) is 6.61 Å². The number of ether oxygens (including phenoxy) is 1. The van der Waals surface area contributed by atoms with Crippen molar-refractivity contribution in [2.45, 2.75) is 18.2 Å². The van der Waals surface area contributed by atoms with Gasteiger partial charge in [0, 0.05) is 28.4 Å². The van der Waals surface area contributed by atoms with Crippen molar-refractivity contribution in [2.24, 2.45) is 0 Å². The minimum Gasteiger partial charge on any atom is -0.483 e. The Bertz CT molecular complexity index is 629. The van der Waals surface area contributed by atoms with E-state index in [1.807, 2.05) is 31.2 Å². The number of hydrogen-bond acceptors (Lipinski definition) is 5. The van der Waals surface area contributed by atoms with Crippen molar-refractivity contribution in [3.63, 3.8) is 0 Å². The summed E-state index contributed by atoms with van der Waals surface area (Å²) in [5.41, 5.74) is 1.35. The number of hydrogen-bond donors (Lipinski definition) is 0. The van der Waals surface area contributed by atoms with E-state index in [0.717, 1.165) is 28.6 Å². The highest BCUT2D eigenvalue weighted by atomic mass is 32.2. The predicted octanol–water partition coefficient (Wildman–Crippen LogP) is 4.12. The molecule has 5 heteroatoms. The van der Waals surface area contributed by atoms with Crippen molar-refractivity contribution < 1.29 is 9.53 Å². The average molecular weight is 317 g/mol. The molecule has 0 saturated heterocycles. The van der Waals surface area contributed by atoms with Gasteiger partial charge in [-0.1, -0.05) is 19.1 Å². The third-order valence-electron chi connectivity index (χ3n) is 2.64. The lowest BCUT2D eigenvalue weighted by atomic mass is 10.2. The maximum absolute atomic E-state index is 12.2. The van der Waals surface area contributed by atoms with E-state index in [-0.39, 0.29) is 5.12 Å². The normalized spacial score (nSPS) is 10.1. The van der Waals surface area contributed by atoms with Crippen molar-refractivity contribution in [3.8, 4) is 0 Å². The molecule has 1 aromatic carbocycles. The lowest BCUT2D eigenvalue weighted by Crippen LogP contribution is -2.06. The Morgan fingerprint density at radius 1 is 1.29 bits per heavy atom. The number of thiocarbonyl (C=S) groups is 1. The van der Waals surface area contributed by atoms with E-state index in [1.54, 1.807) is 24.5 Å². The molecule has 108 valence electrons. The van der Waals surface area contributed by atoms with Crippen LogP contribution in [0.4, 0.5) is 0 Å². The van der Waals surface area contributed by atoms with E-state index in [4.69, 9.17) is 17.0 Å². The zero-order chi connectivity index (χ0) is 15.1. The molecule has 2 rings (SSSR count). The van der Waals surface area contributed by atoms with E-state index in [9.17, 15) is 4.79 Å². The van der Waals surface area contributed by atoms with Gasteiger partial charge in [0.1, 0.15) is 0 Å². The summed E-state index contributed by atoms with van der Waals surface area (Å²) >= 11 is 6.42. The van der Waals surface area contributed by atoms with Gasteiger partial charge in [-0.3, -0.25) is 9.78 Å². The Hall–Kier alpha value is -1.72. The first-order valence-electron chi connectivity index (χ1n) is 6.60. The fraction of sp³-hybridized carbons (Fsp3) is 0.188. The van der Waals surface area contributed by atoms with Gasteiger partial charge in [-0.25, -0.2) is 0 Å². The molecule has 0 N–H and O–H groups in total. The minimum absolute atomic E-state index is 0.0613. The summed E-state index contributed by atoms with van der Waals surface area (Å²) in [5.74, 6) is 0. The Kier molecular flexibility index (Phi) is 5.90. The standard InChI is InChI=1S/C16H15NO2S2/c1-2-10-19-16(20)13-7-3-4-8-14(13)21-15(18)12-6-5-9-17-11-12/h3-9,11H,2,10H2,1H3. The topological polar surface area (TPSA) is 39.2 Å². The summed E-state index contributed by atoms with van der Waals surface area (Å²) in [7, 11) is 0. The lowest BCUT2D eigenvalue weighted by molar-refractivity contribution is 0.108.